The van der Waals surface area contributed by atoms with Gasteiger partial charge in [0.15, 0.2) is 6.20 Å². The molecule has 0 aliphatic heterocycles. The highest BCUT2D eigenvalue weighted by molar-refractivity contribution is 7.91. The summed E-state index contributed by atoms with van der Waals surface area (Å²) in [6.45, 7) is 0. The first-order chi connectivity index (χ1) is 10.6. The smallest absolute Gasteiger partial charge is 0.308 e. The third kappa shape index (κ3) is 2.94. The Balaban J connectivity index is 1.83. The second-order valence-corrected chi connectivity index (χ2v) is 7.17. The van der Waals surface area contributed by atoms with Crippen LogP contribution in [0, 0.1) is 5.21 Å². The average Bonchev–Trinajstić information content (AvgIpc) is 2.53. The lowest BCUT2D eigenvalue weighted by molar-refractivity contribution is -0.646. The highest BCUT2D eigenvalue weighted by atomic mass is 32.2. The van der Waals surface area contributed by atoms with Crippen LogP contribution in [0.15, 0.2) is 71.9 Å². The molecule has 0 radical (unpaired) electrons. The van der Waals surface area contributed by atoms with Gasteiger partial charge in [0.05, 0.1) is 5.75 Å². The van der Waals surface area contributed by atoms with Crippen molar-refractivity contribution >= 4 is 20.6 Å². The molecule has 0 aliphatic carbocycles. The molecule has 4 nitrogen and oxygen atoms in total. The molecule has 0 fully saturated rings. The minimum Gasteiger partial charge on any atom is -0.618 e. The predicted octanol–water partition coefficient (Wildman–Crippen LogP) is 2.49. The molecular formula is C17H15NO3S. The SMILES string of the molecule is O=S(=O)(CCc1ccc2ccccc2c1)c1cccc[n+]1[O-]. The van der Waals surface area contributed by atoms with Crippen LogP contribution in [0.2, 0.25) is 0 Å². The normalized spacial score (nSPS) is 11.6. The number of nitrogens with zero attached hydrogens (tertiary/aromatic N) is 1. The summed E-state index contributed by atoms with van der Waals surface area (Å²) < 4.78 is 24.9. The van der Waals surface area contributed by atoms with Crippen molar-refractivity contribution in [2.45, 2.75) is 11.4 Å². The first-order valence-corrected chi connectivity index (χ1v) is 8.60. The molecule has 0 unspecified atom stereocenters. The summed E-state index contributed by atoms with van der Waals surface area (Å²) in [7, 11) is -3.59. The lowest BCUT2D eigenvalue weighted by Crippen LogP contribution is -2.34. The van der Waals surface area contributed by atoms with Crippen molar-refractivity contribution in [2.75, 3.05) is 5.75 Å². The average molecular weight is 313 g/mol. The van der Waals surface area contributed by atoms with Crippen LogP contribution in [0.5, 0.6) is 0 Å². The summed E-state index contributed by atoms with van der Waals surface area (Å²) >= 11 is 0. The molecule has 0 aliphatic rings. The molecular weight excluding hydrogens is 298 g/mol. The van der Waals surface area contributed by atoms with Gasteiger partial charge in [-0.05, 0) is 28.8 Å². The number of fused-ring (bicyclic) bond motifs is 1. The summed E-state index contributed by atoms with van der Waals surface area (Å²) in [5, 5.41) is 13.6. The van der Waals surface area contributed by atoms with E-state index in [0.717, 1.165) is 16.3 Å². The molecule has 3 aromatic rings. The molecule has 0 N–H and O–H groups in total. The van der Waals surface area contributed by atoms with Crippen LogP contribution in [0.3, 0.4) is 0 Å². The zero-order chi connectivity index (χ0) is 15.6. The lowest BCUT2D eigenvalue weighted by atomic mass is 10.1. The van der Waals surface area contributed by atoms with Crippen molar-refractivity contribution in [3.05, 3.63) is 77.6 Å². The maximum absolute atomic E-state index is 12.3. The Kier molecular flexibility index (Phi) is 3.81. The van der Waals surface area contributed by atoms with E-state index in [-0.39, 0.29) is 10.8 Å². The monoisotopic (exact) mass is 313 g/mol. The van der Waals surface area contributed by atoms with E-state index in [1.165, 1.54) is 18.3 Å². The van der Waals surface area contributed by atoms with Gasteiger partial charge in [0.25, 0.3) is 0 Å². The van der Waals surface area contributed by atoms with E-state index in [1.54, 1.807) is 6.07 Å². The number of sulfone groups is 1. The summed E-state index contributed by atoms with van der Waals surface area (Å²) in [5.74, 6) is -0.0857. The van der Waals surface area contributed by atoms with Gasteiger partial charge < -0.3 is 5.21 Å². The Hall–Kier alpha value is -2.40. The zero-order valence-electron chi connectivity index (χ0n) is 11.8. The van der Waals surface area contributed by atoms with E-state index >= 15 is 0 Å². The second-order valence-electron chi connectivity index (χ2n) is 5.12. The van der Waals surface area contributed by atoms with Crippen LogP contribution in [-0.4, -0.2) is 14.2 Å². The van der Waals surface area contributed by atoms with Crippen molar-refractivity contribution in [3.8, 4) is 0 Å². The fourth-order valence-electron chi connectivity index (χ4n) is 2.40. The third-order valence-corrected chi connectivity index (χ3v) is 5.28. The summed E-state index contributed by atoms with van der Waals surface area (Å²) in [6, 6.07) is 18.2. The molecule has 1 aromatic heterocycles. The minimum atomic E-state index is -3.59. The van der Waals surface area contributed by atoms with E-state index in [1.807, 2.05) is 42.5 Å². The molecule has 22 heavy (non-hydrogen) atoms. The molecule has 2 aromatic carbocycles. The van der Waals surface area contributed by atoms with Gasteiger partial charge in [-0.15, -0.1) is 0 Å². The van der Waals surface area contributed by atoms with Crippen molar-refractivity contribution in [2.24, 2.45) is 0 Å². The number of aryl methyl sites for hydroxylation is 1. The van der Waals surface area contributed by atoms with Crippen LogP contribution in [0.4, 0.5) is 0 Å². The van der Waals surface area contributed by atoms with Gasteiger partial charge in [0.1, 0.15) is 0 Å². The van der Waals surface area contributed by atoms with Gasteiger partial charge in [-0.2, -0.15) is 4.73 Å². The Labute approximate surface area is 129 Å². The molecule has 1 heterocycles. The van der Waals surface area contributed by atoms with Crippen molar-refractivity contribution < 1.29 is 13.1 Å². The number of pyridine rings is 1. The lowest BCUT2D eigenvalue weighted by Gasteiger charge is -2.06. The largest absolute Gasteiger partial charge is 0.618 e. The quantitative estimate of drug-likeness (QED) is 0.549. The highest BCUT2D eigenvalue weighted by Crippen LogP contribution is 2.17. The Morgan fingerprint density at radius 1 is 0.909 bits per heavy atom. The standard InChI is InChI=1S/C17H15NO3S/c19-18-11-4-3-7-17(18)22(20,21)12-10-14-8-9-15-5-1-2-6-16(15)13-14/h1-9,11,13H,10,12H2. The maximum Gasteiger partial charge on any atom is 0.308 e. The van der Waals surface area contributed by atoms with Crippen LogP contribution < -0.4 is 4.73 Å². The van der Waals surface area contributed by atoms with Gasteiger partial charge in [0, 0.05) is 12.1 Å². The summed E-state index contributed by atoms with van der Waals surface area (Å²) in [6.07, 6.45) is 1.57. The molecule has 0 bridgehead atoms. The van der Waals surface area contributed by atoms with Crippen molar-refractivity contribution in [1.29, 1.82) is 0 Å². The van der Waals surface area contributed by atoms with Crippen LogP contribution in [0.25, 0.3) is 10.8 Å². The number of hydrogen-bond donors (Lipinski definition) is 0. The Morgan fingerprint density at radius 2 is 1.64 bits per heavy atom. The van der Waals surface area contributed by atoms with E-state index in [0.29, 0.717) is 11.2 Å². The van der Waals surface area contributed by atoms with Crippen molar-refractivity contribution in [1.82, 2.24) is 0 Å². The molecule has 0 spiro atoms. The Bertz CT molecular complexity index is 920. The van der Waals surface area contributed by atoms with E-state index in [2.05, 4.69) is 0 Å². The third-order valence-electron chi connectivity index (χ3n) is 3.58. The van der Waals surface area contributed by atoms with Crippen molar-refractivity contribution in [3.63, 3.8) is 0 Å². The zero-order valence-corrected chi connectivity index (χ0v) is 12.7. The first kappa shape index (κ1) is 14.5. The number of benzene rings is 2. The van der Waals surface area contributed by atoms with Gasteiger partial charge in [0.2, 0.25) is 9.84 Å². The van der Waals surface area contributed by atoms with Gasteiger partial charge in [-0.25, -0.2) is 8.42 Å². The van der Waals surface area contributed by atoms with E-state index in [4.69, 9.17) is 0 Å². The predicted molar refractivity (Wildman–Crippen MR) is 85.1 cm³/mol. The number of aromatic nitrogens is 1. The Morgan fingerprint density at radius 3 is 2.41 bits per heavy atom. The highest BCUT2D eigenvalue weighted by Gasteiger charge is 2.22. The molecule has 5 heteroatoms. The van der Waals surface area contributed by atoms with E-state index < -0.39 is 9.84 Å². The molecule has 3 rings (SSSR count). The molecule has 112 valence electrons. The second kappa shape index (κ2) is 5.77. The van der Waals surface area contributed by atoms with Gasteiger partial charge in [-0.1, -0.05) is 42.5 Å². The molecule has 0 amide bonds. The molecule has 0 saturated heterocycles. The molecule has 0 saturated carbocycles. The van der Waals surface area contributed by atoms with Gasteiger partial charge in [-0.3, -0.25) is 0 Å². The first-order valence-electron chi connectivity index (χ1n) is 6.95. The van der Waals surface area contributed by atoms with Crippen LogP contribution >= 0.6 is 0 Å². The fraction of sp³-hybridized carbons (Fsp3) is 0.118. The van der Waals surface area contributed by atoms with E-state index in [9.17, 15) is 13.6 Å². The number of rotatable bonds is 4. The summed E-state index contributed by atoms with van der Waals surface area (Å²) in [5.41, 5.74) is 0.940. The van der Waals surface area contributed by atoms with Crippen LogP contribution in [0.1, 0.15) is 5.56 Å². The summed E-state index contributed by atoms with van der Waals surface area (Å²) in [4.78, 5) is 0. The fourth-order valence-corrected chi connectivity index (χ4v) is 3.74. The van der Waals surface area contributed by atoms with Gasteiger partial charge >= 0.3 is 5.03 Å². The minimum absolute atomic E-state index is 0.0857. The van der Waals surface area contributed by atoms with Crippen LogP contribution in [-0.2, 0) is 16.3 Å². The topological polar surface area (TPSA) is 61.1 Å². The number of hydrogen-bond acceptors (Lipinski definition) is 3. The maximum atomic E-state index is 12.3. The molecule has 0 atom stereocenters.